The smallest absolute Gasteiger partial charge is 0.392 e. The van der Waals surface area contributed by atoms with E-state index in [-0.39, 0.29) is 33.1 Å². The van der Waals surface area contributed by atoms with E-state index in [1.807, 2.05) is 38.1 Å². The second-order valence-corrected chi connectivity index (χ2v) is 9.51. The molecule has 0 aliphatic heterocycles. The summed E-state index contributed by atoms with van der Waals surface area (Å²) in [5.74, 6) is 0.836. The number of alkyl halides is 3. The number of rotatable bonds is 10. The fourth-order valence-electron chi connectivity index (χ4n) is 2.85. The summed E-state index contributed by atoms with van der Waals surface area (Å²) in [5.41, 5.74) is 7.07. The van der Waals surface area contributed by atoms with Gasteiger partial charge in [-0.1, -0.05) is 32.5 Å². The van der Waals surface area contributed by atoms with Crippen LogP contribution in [-0.4, -0.2) is 50.4 Å². The summed E-state index contributed by atoms with van der Waals surface area (Å²) in [4.78, 5) is 14.0. The van der Waals surface area contributed by atoms with Gasteiger partial charge in [-0.05, 0) is 32.9 Å². The summed E-state index contributed by atoms with van der Waals surface area (Å²) >= 11 is 1.38. The van der Waals surface area contributed by atoms with Gasteiger partial charge in [-0.15, -0.1) is 0 Å². The van der Waals surface area contributed by atoms with Crippen molar-refractivity contribution in [2.45, 2.75) is 55.6 Å². The molecule has 2 atom stereocenters. The van der Waals surface area contributed by atoms with E-state index in [0.29, 0.717) is 22.7 Å². The van der Waals surface area contributed by atoms with Crippen LogP contribution < -0.4 is 10.5 Å². The molecule has 0 saturated heterocycles. The van der Waals surface area contributed by atoms with Crippen molar-refractivity contribution < 1.29 is 22.6 Å². The fraction of sp³-hybridized carbons (Fsp3) is 0.450. The third-order valence-electron chi connectivity index (χ3n) is 4.12. The molecule has 3 rings (SSSR count). The van der Waals surface area contributed by atoms with Gasteiger partial charge >= 0.3 is 6.18 Å². The minimum absolute atomic E-state index is 0.0182. The average Bonchev–Trinajstić information content (AvgIpc) is 3.08. The molecule has 7 nitrogen and oxygen atoms in total. The largest absolute Gasteiger partial charge is 0.490 e. The zero-order valence-electron chi connectivity index (χ0n) is 17.9. The first kappa shape index (κ1) is 24.5. The number of nitrogens with two attached hydrogens (primary N) is 1. The van der Waals surface area contributed by atoms with E-state index >= 15 is 0 Å². The standard InChI is InChI=1S/C20H25F3N5O2PS/c1-12(2)30-14-6-4-5-7-15(14)32-18-16-17(26-19(24)27-18)28(10-25-16)8-13(3)29-11-31-9-20(21,22)23/h4-7,10,12-13,31H,8-9,11H2,1-3H3,(H2,24,26,27). The van der Waals surface area contributed by atoms with Gasteiger partial charge < -0.3 is 19.8 Å². The molecule has 2 heterocycles. The van der Waals surface area contributed by atoms with Crippen LogP contribution >= 0.6 is 20.3 Å². The van der Waals surface area contributed by atoms with Gasteiger partial charge in [0.2, 0.25) is 5.95 Å². The number of fused-ring (bicyclic) bond motifs is 1. The van der Waals surface area contributed by atoms with E-state index in [2.05, 4.69) is 15.0 Å². The Balaban J connectivity index is 1.75. The summed E-state index contributed by atoms with van der Waals surface area (Å²) in [6, 6.07) is 7.63. The molecule has 0 radical (unpaired) electrons. The Kier molecular flexibility index (Phi) is 8.19. The molecular formula is C20H25F3N5O2PS. The van der Waals surface area contributed by atoms with E-state index in [9.17, 15) is 13.2 Å². The number of ether oxygens (including phenoxy) is 2. The molecule has 2 unspecified atom stereocenters. The molecular weight excluding hydrogens is 462 g/mol. The number of imidazole rings is 1. The Hall–Kier alpha value is -2.10. The van der Waals surface area contributed by atoms with Crippen LogP contribution in [0.25, 0.3) is 11.2 Å². The number of anilines is 1. The molecule has 0 bridgehead atoms. The van der Waals surface area contributed by atoms with Crippen molar-refractivity contribution in [2.75, 3.05) is 18.2 Å². The van der Waals surface area contributed by atoms with Gasteiger partial charge in [0.1, 0.15) is 16.3 Å². The van der Waals surface area contributed by atoms with E-state index in [0.717, 1.165) is 10.6 Å². The third-order valence-corrected chi connectivity index (χ3v) is 6.17. The Morgan fingerprint density at radius 3 is 2.66 bits per heavy atom. The molecule has 12 heteroatoms. The lowest BCUT2D eigenvalue weighted by atomic mass is 10.3. The summed E-state index contributed by atoms with van der Waals surface area (Å²) < 4.78 is 50.0. The predicted octanol–water partition coefficient (Wildman–Crippen LogP) is 4.95. The lowest BCUT2D eigenvalue weighted by Gasteiger charge is -2.15. The van der Waals surface area contributed by atoms with Crippen LogP contribution in [0.1, 0.15) is 20.8 Å². The van der Waals surface area contributed by atoms with Gasteiger partial charge in [0.25, 0.3) is 0 Å². The summed E-state index contributed by atoms with van der Waals surface area (Å²) in [7, 11) is -0.331. The van der Waals surface area contributed by atoms with Gasteiger partial charge in [-0.2, -0.15) is 18.2 Å². The first-order valence-corrected chi connectivity index (χ1v) is 12.2. The number of aromatic nitrogens is 4. The SMILES string of the molecule is CC(C)Oc1ccccc1Sc1nc(N)nc2c1ncn2CC(C)OCPCC(F)(F)F. The molecule has 0 spiro atoms. The van der Waals surface area contributed by atoms with Crippen molar-refractivity contribution in [1.29, 1.82) is 0 Å². The molecule has 1 aromatic carbocycles. The predicted molar refractivity (Wildman–Crippen MR) is 121 cm³/mol. The third kappa shape index (κ3) is 6.95. The number of nitrogen functional groups attached to an aromatic ring is 1. The Bertz CT molecular complexity index is 1050. The van der Waals surface area contributed by atoms with Crippen LogP contribution in [0.15, 0.2) is 40.5 Å². The van der Waals surface area contributed by atoms with Crippen LogP contribution in [0.2, 0.25) is 0 Å². The number of halogens is 3. The number of benzene rings is 1. The molecule has 32 heavy (non-hydrogen) atoms. The van der Waals surface area contributed by atoms with Crippen LogP contribution in [0.4, 0.5) is 19.1 Å². The van der Waals surface area contributed by atoms with Crippen LogP contribution in [0.5, 0.6) is 5.75 Å². The van der Waals surface area contributed by atoms with Gasteiger partial charge in [0.15, 0.2) is 5.65 Å². The van der Waals surface area contributed by atoms with Crippen molar-refractivity contribution in [3.63, 3.8) is 0 Å². The van der Waals surface area contributed by atoms with Crippen molar-refractivity contribution in [3.05, 3.63) is 30.6 Å². The fourth-order valence-corrected chi connectivity index (χ4v) is 4.59. The van der Waals surface area contributed by atoms with Gasteiger partial charge in [0.05, 0.1) is 42.5 Å². The monoisotopic (exact) mass is 487 g/mol. The van der Waals surface area contributed by atoms with Crippen LogP contribution in [0, 0.1) is 0 Å². The Labute approximate surface area is 190 Å². The zero-order chi connectivity index (χ0) is 23.3. The second-order valence-electron chi connectivity index (χ2n) is 7.34. The maximum atomic E-state index is 12.3. The minimum atomic E-state index is -4.16. The highest BCUT2D eigenvalue weighted by Gasteiger charge is 2.26. The molecule has 0 fully saturated rings. The maximum Gasteiger partial charge on any atom is 0.392 e. The summed E-state index contributed by atoms with van der Waals surface area (Å²) in [5, 5.41) is 0.589. The van der Waals surface area contributed by atoms with Crippen molar-refractivity contribution in [1.82, 2.24) is 19.5 Å². The number of nitrogens with zero attached hydrogens (tertiary/aromatic N) is 4. The summed E-state index contributed by atoms with van der Waals surface area (Å²) in [6.07, 6.45) is -3.63. The van der Waals surface area contributed by atoms with Crippen molar-refractivity contribution in [3.8, 4) is 5.75 Å². The van der Waals surface area contributed by atoms with Crippen LogP contribution in [0.3, 0.4) is 0 Å². The molecule has 2 aromatic heterocycles. The highest BCUT2D eigenvalue weighted by molar-refractivity contribution is 7.99. The van der Waals surface area contributed by atoms with E-state index < -0.39 is 12.3 Å². The Morgan fingerprint density at radius 1 is 1.19 bits per heavy atom. The maximum absolute atomic E-state index is 12.3. The zero-order valence-corrected chi connectivity index (χ0v) is 19.7. The Morgan fingerprint density at radius 2 is 1.94 bits per heavy atom. The normalized spacial score (nSPS) is 13.5. The van der Waals surface area contributed by atoms with Crippen molar-refractivity contribution in [2.24, 2.45) is 0 Å². The first-order chi connectivity index (χ1) is 15.1. The van der Waals surface area contributed by atoms with E-state index in [1.54, 1.807) is 17.8 Å². The summed E-state index contributed by atoms with van der Waals surface area (Å²) in [6.45, 7) is 6.08. The second kappa shape index (κ2) is 10.7. The lowest BCUT2D eigenvalue weighted by Crippen LogP contribution is -2.17. The van der Waals surface area contributed by atoms with E-state index in [1.165, 1.54) is 11.8 Å². The highest BCUT2D eigenvalue weighted by Crippen LogP contribution is 2.37. The van der Waals surface area contributed by atoms with Crippen molar-refractivity contribution >= 4 is 37.5 Å². The molecule has 174 valence electrons. The van der Waals surface area contributed by atoms with Crippen LogP contribution in [-0.2, 0) is 11.3 Å². The molecule has 0 saturated carbocycles. The van der Waals surface area contributed by atoms with E-state index in [4.69, 9.17) is 15.2 Å². The molecule has 0 aliphatic rings. The number of hydrogen-bond acceptors (Lipinski definition) is 7. The van der Waals surface area contributed by atoms with Gasteiger partial charge in [-0.25, -0.2) is 9.97 Å². The quantitative estimate of drug-likeness (QED) is 0.246. The van der Waals surface area contributed by atoms with Gasteiger partial charge in [-0.3, -0.25) is 0 Å². The topological polar surface area (TPSA) is 88.1 Å². The molecule has 0 aliphatic carbocycles. The first-order valence-electron chi connectivity index (χ1n) is 9.93. The molecule has 0 amide bonds. The molecule has 2 N–H and O–H groups in total. The highest BCUT2D eigenvalue weighted by atomic mass is 32.2. The average molecular weight is 487 g/mol. The molecule has 3 aromatic rings. The van der Waals surface area contributed by atoms with Gasteiger partial charge in [0, 0.05) is 0 Å². The number of para-hydroxylation sites is 1. The number of hydrogen-bond donors (Lipinski definition) is 1. The lowest BCUT2D eigenvalue weighted by molar-refractivity contribution is -0.106. The minimum Gasteiger partial charge on any atom is -0.490 e.